The van der Waals surface area contributed by atoms with E-state index in [4.69, 9.17) is 10.5 Å². The number of fused-ring (bicyclic) bond motifs is 1. The maximum Gasteiger partial charge on any atom is 0.433 e. The number of carbonyl (C=O) groups is 2. The van der Waals surface area contributed by atoms with Crippen LogP contribution < -0.4 is 5.73 Å². The second-order valence-electron chi connectivity index (χ2n) is 8.36. The fraction of sp³-hybridized carbons (Fsp3) is 0.700. The number of aliphatic hydroxyl groups is 1. The Bertz CT molecular complexity index is 936. The molecule has 1 aromatic heterocycles. The van der Waals surface area contributed by atoms with Gasteiger partial charge in [0.15, 0.2) is 11.9 Å². The minimum atomic E-state index is -4.69. The molecule has 2 aliphatic heterocycles. The first-order valence-corrected chi connectivity index (χ1v) is 10.7. The maximum absolute atomic E-state index is 13.7. The number of halogens is 6. The topological polar surface area (TPSA) is 122 Å². The van der Waals surface area contributed by atoms with Crippen molar-refractivity contribution >= 4 is 24.2 Å². The highest BCUT2D eigenvalue weighted by Crippen LogP contribution is 2.34. The van der Waals surface area contributed by atoms with Crippen molar-refractivity contribution in [2.24, 2.45) is 5.73 Å². The van der Waals surface area contributed by atoms with E-state index in [1.807, 2.05) is 0 Å². The summed E-state index contributed by atoms with van der Waals surface area (Å²) in [5.41, 5.74) is 4.85. The molecule has 198 valence electrons. The number of hydrogen-bond donors (Lipinski definition) is 2. The summed E-state index contributed by atoms with van der Waals surface area (Å²) in [5, 5.41) is 9.78. The Kier molecular flexibility index (Phi) is 9.36. The maximum atomic E-state index is 13.7. The van der Waals surface area contributed by atoms with Gasteiger partial charge in [0, 0.05) is 57.5 Å². The minimum absolute atomic E-state index is 0. The lowest BCUT2D eigenvalue weighted by atomic mass is 10.0. The van der Waals surface area contributed by atoms with Crippen LogP contribution in [-0.2, 0) is 39.9 Å². The first-order chi connectivity index (χ1) is 15.8. The molecule has 1 aromatic rings. The molecule has 0 bridgehead atoms. The molecule has 3 rings (SSSR count). The van der Waals surface area contributed by atoms with Gasteiger partial charge in [0.05, 0.1) is 18.8 Å². The number of nitrogens with two attached hydrogens (primary N) is 1. The fourth-order valence-corrected chi connectivity index (χ4v) is 4.02. The van der Waals surface area contributed by atoms with E-state index in [-0.39, 0.29) is 68.4 Å². The molecule has 2 amide bonds. The van der Waals surface area contributed by atoms with E-state index < -0.39 is 61.3 Å². The van der Waals surface area contributed by atoms with Gasteiger partial charge in [0.1, 0.15) is 5.82 Å². The molecule has 35 heavy (non-hydrogen) atoms. The minimum Gasteiger partial charge on any atom is -0.384 e. The van der Waals surface area contributed by atoms with Gasteiger partial charge in [0.25, 0.3) is 5.92 Å². The largest absolute Gasteiger partial charge is 0.433 e. The van der Waals surface area contributed by atoms with Crippen molar-refractivity contribution < 1.29 is 41.4 Å². The predicted molar refractivity (Wildman–Crippen MR) is 113 cm³/mol. The number of piperidine rings is 1. The van der Waals surface area contributed by atoms with Crippen LogP contribution in [0.1, 0.15) is 42.0 Å². The van der Waals surface area contributed by atoms with E-state index in [2.05, 4.69) is 9.97 Å². The van der Waals surface area contributed by atoms with Crippen LogP contribution in [0.25, 0.3) is 0 Å². The molecular weight excluding hydrogens is 505 g/mol. The molecular formula is C20H27ClF5N5O4. The highest BCUT2D eigenvalue weighted by molar-refractivity contribution is 5.85. The summed E-state index contributed by atoms with van der Waals surface area (Å²) in [7, 11) is 1.39. The Morgan fingerprint density at radius 1 is 1.31 bits per heavy atom. The Labute approximate surface area is 204 Å². The average molecular weight is 532 g/mol. The molecule has 1 fully saturated rings. The molecule has 15 heteroatoms. The summed E-state index contributed by atoms with van der Waals surface area (Å²) in [6, 6.07) is -1.06. The number of methoxy groups -OCH3 is 1. The van der Waals surface area contributed by atoms with Crippen LogP contribution in [0.2, 0.25) is 0 Å². The highest BCUT2D eigenvalue weighted by atomic mass is 35.5. The molecule has 0 aromatic carbocycles. The Morgan fingerprint density at radius 2 is 2.00 bits per heavy atom. The lowest BCUT2D eigenvalue weighted by Gasteiger charge is -2.38. The number of ether oxygens (including phenoxy) is 1. The van der Waals surface area contributed by atoms with Crippen LogP contribution in [0, 0.1) is 0 Å². The van der Waals surface area contributed by atoms with Crippen LogP contribution in [0.5, 0.6) is 0 Å². The first-order valence-electron chi connectivity index (χ1n) is 10.7. The third-order valence-corrected chi connectivity index (χ3v) is 5.80. The van der Waals surface area contributed by atoms with Crippen molar-refractivity contribution in [2.75, 3.05) is 26.8 Å². The summed E-state index contributed by atoms with van der Waals surface area (Å²) in [4.78, 5) is 34.3. The number of aromatic nitrogens is 2. The summed E-state index contributed by atoms with van der Waals surface area (Å²) in [6.45, 7) is -0.581. The Balaban J connectivity index is 0.00000432. The van der Waals surface area contributed by atoms with Gasteiger partial charge in [-0.15, -0.1) is 12.4 Å². The van der Waals surface area contributed by atoms with Gasteiger partial charge in [-0.1, -0.05) is 0 Å². The molecule has 0 saturated carbocycles. The summed E-state index contributed by atoms with van der Waals surface area (Å²) >= 11 is 0. The predicted octanol–water partition coefficient (Wildman–Crippen LogP) is 1.28. The summed E-state index contributed by atoms with van der Waals surface area (Å²) in [5.74, 6) is -4.77. The van der Waals surface area contributed by atoms with Crippen LogP contribution in [0.4, 0.5) is 22.0 Å². The number of amides is 2. The average Bonchev–Trinajstić information content (AvgIpc) is 2.76. The fourth-order valence-electron chi connectivity index (χ4n) is 4.02. The lowest BCUT2D eigenvalue weighted by molar-refractivity contribution is -0.205. The van der Waals surface area contributed by atoms with Crippen molar-refractivity contribution in [1.29, 1.82) is 0 Å². The molecule has 2 atom stereocenters. The molecule has 1 unspecified atom stereocenters. The van der Waals surface area contributed by atoms with Crippen molar-refractivity contribution in [3.8, 4) is 0 Å². The van der Waals surface area contributed by atoms with E-state index >= 15 is 0 Å². The molecule has 0 spiro atoms. The van der Waals surface area contributed by atoms with Gasteiger partial charge >= 0.3 is 6.18 Å². The monoisotopic (exact) mass is 531 g/mol. The number of rotatable bonds is 7. The quantitative estimate of drug-likeness (QED) is 0.508. The SMILES string of the molecule is COCCc1nc2c(c(C(F)(F)F)n1)CCN(C(=O)C[C@@H](N)CN1C(=O)CCC(F)(F)C1O)C2.Cl. The molecule has 1 saturated heterocycles. The first kappa shape index (κ1) is 29.1. The lowest BCUT2D eigenvalue weighted by Crippen LogP contribution is -2.58. The number of alkyl halides is 5. The van der Waals surface area contributed by atoms with Crippen LogP contribution in [-0.4, -0.2) is 81.7 Å². The third kappa shape index (κ3) is 6.74. The normalized spacial score (nSPS) is 20.8. The van der Waals surface area contributed by atoms with Gasteiger partial charge in [-0.05, 0) is 6.42 Å². The van der Waals surface area contributed by atoms with Crippen LogP contribution in [0.15, 0.2) is 0 Å². The van der Waals surface area contributed by atoms with Gasteiger partial charge in [-0.3, -0.25) is 9.59 Å². The summed E-state index contributed by atoms with van der Waals surface area (Å²) < 4.78 is 72.9. The third-order valence-electron chi connectivity index (χ3n) is 5.80. The molecule has 0 radical (unpaired) electrons. The van der Waals surface area contributed by atoms with E-state index in [1.165, 1.54) is 12.0 Å². The molecule has 3 N–H and O–H groups in total. The number of likely N-dealkylation sites (tertiary alicyclic amines) is 1. The molecule has 0 aliphatic carbocycles. The van der Waals surface area contributed by atoms with E-state index in [0.717, 1.165) is 0 Å². The number of carbonyl (C=O) groups excluding carboxylic acids is 2. The van der Waals surface area contributed by atoms with E-state index in [0.29, 0.717) is 4.90 Å². The second kappa shape index (κ2) is 11.3. The van der Waals surface area contributed by atoms with Gasteiger partial charge in [-0.2, -0.15) is 13.2 Å². The van der Waals surface area contributed by atoms with Crippen molar-refractivity contribution in [1.82, 2.24) is 19.8 Å². The Morgan fingerprint density at radius 3 is 2.63 bits per heavy atom. The molecule has 9 nitrogen and oxygen atoms in total. The number of aliphatic hydroxyl groups excluding tert-OH is 1. The number of nitrogens with zero attached hydrogens (tertiary/aromatic N) is 4. The van der Waals surface area contributed by atoms with Gasteiger partial charge in [-0.25, -0.2) is 18.7 Å². The zero-order valence-electron chi connectivity index (χ0n) is 18.9. The van der Waals surface area contributed by atoms with Crippen molar-refractivity contribution in [3.63, 3.8) is 0 Å². The molecule has 3 heterocycles. The smallest absolute Gasteiger partial charge is 0.384 e. The molecule has 2 aliphatic rings. The second-order valence-corrected chi connectivity index (χ2v) is 8.36. The van der Waals surface area contributed by atoms with Gasteiger partial charge in [0.2, 0.25) is 11.8 Å². The van der Waals surface area contributed by atoms with Crippen molar-refractivity contribution in [3.05, 3.63) is 22.8 Å². The van der Waals surface area contributed by atoms with Crippen molar-refractivity contribution in [2.45, 2.75) is 63.0 Å². The standard InChI is InChI=1S/C20H26F5N5O4.ClH/c1-34-7-4-14-27-13-10-29(6-3-12(13)17(28-14)20(23,24)25)16(32)8-11(26)9-30-15(31)2-5-19(21,22)18(30)33;/h11,18,33H,2-10,26H2,1H3;1H/t11-,18?;/m1./s1. The zero-order valence-corrected chi connectivity index (χ0v) is 19.7. The summed E-state index contributed by atoms with van der Waals surface area (Å²) in [6.07, 6.45) is -8.68. The zero-order chi connectivity index (χ0) is 25.3. The van der Waals surface area contributed by atoms with Gasteiger partial charge < -0.3 is 25.4 Å². The van der Waals surface area contributed by atoms with E-state index in [1.54, 1.807) is 0 Å². The highest BCUT2D eigenvalue weighted by Gasteiger charge is 2.48. The Hall–Kier alpha value is -2.16. The number of hydrogen-bond acceptors (Lipinski definition) is 7. The van der Waals surface area contributed by atoms with E-state index in [9.17, 15) is 36.6 Å². The van der Waals surface area contributed by atoms with Crippen LogP contribution >= 0.6 is 12.4 Å². The van der Waals surface area contributed by atoms with Crippen LogP contribution in [0.3, 0.4) is 0 Å².